The van der Waals surface area contributed by atoms with Crippen molar-refractivity contribution in [3.63, 3.8) is 0 Å². The van der Waals surface area contributed by atoms with Crippen molar-refractivity contribution in [2.45, 2.75) is 12.6 Å². The molecule has 90 valence electrons. The second-order valence-electron chi connectivity index (χ2n) is 4.16. The van der Waals surface area contributed by atoms with Crippen LogP contribution in [0, 0.1) is 0 Å². The molecule has 7 heteroatoms. The number of carboxylic acid groups (broad SMARTS) is 1. The number of fused-ring (bicyclic) bond motifs is 1. The zero-order chi connectivity index (χ0) is 12.2. The van der Waals surface area contributed by atoms with Gasteiger partial charge in [0.05, 0.1) is 21.9 Å². The molecule has 5 nitrogen and oxygen atoms in total. The standard InChI is InChI=1S/C10H9BrN2O3S/c11-8-1-6-7(17-8)4-13(9(6)14)5-2-12(3-5)10(15)16/h1,5H,2-4H2,(H,15,16). The number of halogens is 1. The highest BCUT2D eigenvalue weighted by Crippen LogP contribution is 2.36. The molecular weight excluding hydrogens is 308 g/mol. The van der Waals surface area contributed by atoms with E-state index in [0.717, 1.165) is 14.2 Å². The number of carbonyl (C=O) groups is 2. The number of likely N-dealkylation sites (tertiary alicyclic amines) is 1. The first-order chi connectivity index (χ1) is 8.06. The number of rotatable bonds is 1. The molecule has 0 spiro atoms. The van der Waals surface area contributed by atoms with Gasteiger partial charge in [0.1, 0.15) is 0 Å². The van der Waals surface area contributed by atoms with Gasteiger partial charge < -0.3 is 14.9 Å². The molecule has 1 aromatic heterocycles. The van der Waals surface area contributed by atoms with E-state index in [4.69, 9.17) is 5.11 Å². The van der Waals surface area contributed by atoms with Crippen LogP contribution in [0.1, 0.15) is 15.2 Å². The van der Waals surface area contributed by atoms with Crippen molar-refractivity contribution in [3.8, 4) is 0 Å². The van der Waals surface area contributed by atoms with Gasteiger partial charge in [-0.3, -0.25) is 4.79 Å². The van der Waals surface area contributed by atoms with Crippen molar-refractivity contribution in [2.24, 2.45) is 0 Å². The quantitative estimate of drug-likeness (QED) is 0.859. The fourth-order valence-electron chi connectivity index (χ4n) is 2.18. The number of hydrogen-bond donors (Lipinski definition) is 1. The molecule has 17 heavy (non-hydrogen) atoms. The van der Waals surface area contributed by atoms with Crippen molar-refractivity contribution < 1.29 is 14.7 Å². The fourth-order valence-corrected chi connectivity index (χ4v) is 3.87. The minimum atomic E-state index is -0.912. The SMILES string of the molecule is O=C(O)N1CC(N2Cc3sc(Br)cc3C2=O)C1. The predicted octanol–water partition coefficient (Wildman–Crippen LogP) is 1.83. The monoisotopic (exact) mass is 316 g/mol. The van der Waals surface area contributed by atoms with E-state index in [2.05, 4.69) is 15.9 Å². The van der Waals surface area contributed by atoms with Gasteiger partial charge in [-0.05, 0) is 22.0 Å². The number of hydrogen-bond acceptors (Lipinski definition) is 3. The Hall–Kier alpha value is -1.08. The summed E-state index contributed by atoms with van der Waals surface area (Å²) in [5.74, 6) is 0.0250. The van der Waals surface area contributed by atoms with E-state index in [1.807, 2.05) is 6.07 Å². The van der Waals surface area contributed by atoms with E-state index < -0.39 is 6.09 Å². The first-order valence-electron chi connectivity index (χ1n) is 5.13. The van der Waals surface area contributed by atoms with E-state index >= 15 is 0 Å². The highest BCUT2D eigenvalue weighted by Gasteiger charge is 2.41. The average molecular weight is 317 g/mol. The molecule has 2 amide bonds. The van der Waals surface area contributed by atoms with E-state index in [1.54, 1.807) is 16.2 Å². The van der Waals surface area contributed by atoms with Gasteiger partial charge in [-0.25, -0.2) is 4.79 Å². The van der Waals surface area contributed by atoms with Crippen LogP contribution in [0.15, 0.2) is 9.85 Å². The van der Waals surface area contributed by atoms with Crippen LogP contribution in [0.2, 0.25) is 0 Å². The molecule has 0 unspecified atom stereocenters. The number of amides is 2. The fraction of sp³-hybridized carbons (Fsp3) is 0.400. The zero-order valence-electron chi connectivity index (χ0n) is 8.72. The molecule has 2 aliphatic rings. The zero-order valence-corrected chi connectivity index (χ0v) is 11.1. The summed E-state index contributed by atoms with van der Waals surface area (Å²) in [5, 5.41) is 8.75. The summed E-state index contributed by atoms with van der Waals surface area (Å²) in [6, 6.07) is 1.88. The molecule has 0 aromatic carbocycles. The normalized spacial score (nSPS) is 19.5. The molecule has 1 N–H and O–H groups in total. The van der Waals surface area contributed by atoms with Crippen molar-refractivity contribution in [1.82, 2.24) is 9.80 Å². The van der Waals surface area contributed by atoms with Crippen LogP contribution >= 0.6 is 27.3 Å². The molecule has 2 aliphatic heterocycles. The van der Waals surface area contributed by atoms with Crippen LogP contribution in [-0.4, -0.2) is 46.0 Å². The summed E-state index contributed by atoms with van der Waals surface area (Å²) in [4.78, 5) is 26.9. The van der Waals surface area contributed by atoms with Crippen LogP contribution in [0.4, 0.5) is 4.79 Å². The van der Waals surface area contributed by atoms with Gasteiger partial charge in [0.25, 0.3) is 5.91 Å². The lowest BCUT2D eigenvalue weighted by molar-refractivity contribution is 0.0307. The summed E-state index contributed by atoms with van der Waals surface area (Å²) in [5.41, 5.74) is 0.760. The molecule has 0 atom stereocenters. The van der Waals surface area contributed by atoms with Crippen molar-refractivity contribution in [2.75, 3.05) is 13.1 Å². The Balaban J connectivity index is 1.71. The maximum atomic E-state index is 12.1. The Bertz CT molecular complexity index is 510. The Morgan fingerprint density at radius 1 is 1.53 bits per heavy atom. The Labute approximate surface area is 110 Å². The van der Waals surface area contributed by atoms with E-state index in [9.17, 15) is 9.59 Å². The minimum Gasteiger partial charge on any atom is -0.465 e. The Morgan fingerprint density at radius 3 is 2.82 bits per heavy atom. The molecule has 1 aromatic rings. The summed E-state index contributed by atoms with van der Waals surface area (Å²) in [6.07, 6.45) is -0.912. The largest absolute Gasteiger partial charge is 0.465 e. The second kappa shape index (κ2) is 3.71. The van der Waals surface area contributed by atoms with Crippen LogP contribution < -0.4 is 0 Å². The van der Waals surface area contributed by atoms with E-state index in [-0.39, 0.29) is 11.9 Å². The van der Waals surface area contributed by atoms with E-state index in [0.29, 0.717) is 19.6 Å². The first-order valence-corrected chi connectivity index (χ1v) is 6.74. The molecule has 3 rings (SSSR count). The molecule has 0 bridgehead atoms. The van der Waals surface area contributed by atoms with Crippen molar-refractivity contribution in [3.05, 3.63) is 20.3 Å². The smallest absolute Gasteiger partial charge is 0.407 e. The summed E-state index contributed by atoms with van der Waals surface area (Å²) in [7, 11) is 0. The van der Waals surface area contributed by atoms with Gasteiger partial charge in [-0.15, -0.1) is 11.3 Å². The average Bonchev–Trinajstić information content (AvgIpc) is 2.64. The predicted molar refractivity (Wildman–Crippen MR) is 65.3 cm³/mol. The third-order valence-electron chi connectivity index (χ3n) is 3.16. The lowest BCUT2D eigenvalue weighted by Gasteiger charge is -2.42. The van der Waals surface area contributed by atoms with Crippen LogP contribution in [0.5, 0.6) is 0 Å². The summed E-state index contributed by atoms with van der Waals surface area (Å²) >= 11 is 4.93. The van der Waals surface area contributed by atoms with Gasteiger partial charge >= 0.3 is 6.09 Å². The van der Waals surface area contributed by atoms with Gasteiger partial charge in [0.15, 0.2) is 0 Å². The lowest BCUT2D eigenvalue weighted by atomic mass is 10.1. The summed E-state index contributed by atoms with van der Waals surface area (Å²) in [6.45, 7) is 1.47. The molecule has 0 saturated carbocycles. The number of thiophene rings is 1. The minimum absolute atomic E-state index is 0.0250. The third-order valence-corrected chi connectivity index (χ3v) is 4.78. The Morgan fingerprint density at radius 2 is 2.24 bits per heavy atom. The number of carbonyl (C=O) groups excluding carboxylic acids is 1. The van der Waals surface area contributed by atoms with Crippen LogP contribution in [0.3, 0.4) is 0 Å². The van der Waals surface area contributed by atoms with Crippen molar-refractivity contribution >= 4 is 39.3 Å². The topological polar surface area (TPSA) is 60.9 Å². The highest BCUT2D eigenvalue weighted by atomic mass is 79.9. The molecular formula is C10H9BrN2O3S. The highest BCUT2D eigenvalue weighted by molar-refractivity contribution is 9.11. The lowest BCUT2D eigenvalue weighted by Crippen LogP contribution is -2.60. The second-order valence-corrected chi connectivity index (χ2v) is 6.68. The van der Waals surface area contributed by atoms with Gasteiger partial charge in [0, 0.05) is 18.0 Å². The molecule has 1 saturated heterocycles. The summed E-state index contributed by atoms with van der Waals surface area (Å²) < 4.78 is 0.969. The molecule has 0 aliphatic carbocycles. The molecule has 3 heterocycles. The van der Waals surface area contributed by atoms with Crippen molar-refractivity contribution in [1.29, 1.82) is 0 Å². The molecule has 0 radical (unpaired) electrons. The molecule has 1 fully saturated rings. The maximum Gasteiger partial charge on any atom is 0.407 e. The van der Waals surface area contributed by atoms with Gasteiger partial charge in [0.2, 0.25) is 0 Å². The van der Waals surface area contributed by atoms with Crippen LogP contribution in [-0.2, 0) is 6.54 Å². The third kappa shape index (κ3) is 1.64. The van der Waals surface area contributed by atoms with Crippen LogP contribution in [0.25, 0.3) is 0 Å². The number of nitrogens with zero attached hydrogens (tertiary/aromatic N) is 2. The van der Waals surface area contributed by atoms with E-state index in [1.165, 1.54) is 4.90 Å². The van der Waals surface area contributed by atoms with Gasteiger partial charge in [-0.1, -0.05) is 0 Å². The maximum absolute atomic E-state index is 12.1. The Kier molecular flexibility index (Phi) is 2.41. The van der Waals surface area contributed by atoms with Gasteiger partial charge in [-0.2, -0.15) is 0 Å². The first kappa shape index (κ1) is 11.0.